The van der Waals surface area contributed by atoms with E-state index in [2.05, 4.69) is 11.4 Å². The molecule has 1 aliphatic heterocycles. The van der Waals surface area contributed by atoms with E-state index in [4.69, 9.17) is 10.00 Å². The highest BCUT2D eigenvalue weighted by molar-refractivity contribution is 5.68. The van der Waals surface area contributed by atoms with Crippen molar-refractivity contribution in [1.82, 2.24) is 5.32 Å². The number of methoxy groups -OCH3 is 1. The Labute approximate surface area is 94.7 Å². The molecular formula is C13H12N2O. The average Bonchev–Trinajstić information content (AvgIpc) is 2.39. The molecule has 0 saturated carbocycles. The minimum atomic E-state index is 0.592. The molecule has 0 aliphatic carbocycles. The van der Waals surface area contributed by atoms with Crippen LogP contribution in [0.15, 0.2) is 42.0 Å². The maximum atomic E-state index is 8.71. The molecule has 0 amide bonds. The molecule has 0 bridgehead atoms. The maximum absolute atomic E-state index is 8.71. The van der Waals surface area contributed by atoms with Crippen molar-refractivity contribution in [3.05, 3.63) is 47.6 Å². The number of dihydropyridines is 1. The van der Waals surface area contributed by atoms with Crippen molar-refractivity contribution in [2.45, 2.75) is 0 Å². The number of nitriles is 1. The molecule has 1 aromatic rings. The SMILES string of the molecule is COc1ccc(C2=CC=C(C#N)CN2)cc1. The van der Waals surface area contributed by atoms with Gasteiger partial charge in [0, 0.05) is 11.3 Å². The lowest BCUT2D eigenvalue weighted by Crippen LogP contribution is -2.17. The summed E-state index contributed by atoms with van der Waals surface area (Å²) in [4.78, 5) is 0. The summed E-state index contributed by atoms with van der Waals surface area (Å²) >= 11 is 0. The summed E-state index contributed by atoms with van der Waals surface area (Å²) in [6.45, 7) is 0.592. The first kappa shape index (κ1) is 10.3. The van der Waals surface area contributed by atoms with E-state index in [9.17, 15) is 0 Å². The lowest BCUT2D eigenvalue weighted by atomic mass is 10.1. The van der Waals surface area contributed by atoms with Crippen LogP contribution in [0, 0.1) is 11.3 Å². The van der Waals surface area contributed by atoms with Crippen LogP contribution >= 0.6 is 0 Å². The number of nitrogens with zero attached hydrogens (tertiary/aromatic N) is 1. The molecule has 80 valence electrons. The van der Waals surface area contributed by atoms with Crippen LogP contribution in [-0.2, 0) is 0 Å². The molecule has 3 heteroatoms. The van der Waals surface area contributed by atoms with Crippen LogP contribution in [0.2, 0.25) is 0 Å². The van der Waals surface area contributed by atoms with E-state index in [1.165, 1.54) is 0 Å². The summed E-state index contributed by atoms with van der Waals surface area (Å²) in [7, 11) is 1.65. The summed E-state index contributed by atoms with van der Waals surface area (Å²) in [5, 5.41) is 11.9. The Bertz CT molecular complexity index is 478. The summed E-state index contributed by atoms with van der Waals surface area (Å²) in [5.41, 5.74) is 2.87. The number of hydrogen-bond donors (Lipinski definition) is 1. The second-order valence-electron chi connectivity index (χ2n) is 3.47. The van der Waals surface area contributed by atoms with Crippen LogP contribution in [0.3, 0.4) is 0 Å². The average molecular weight is 212 g/mol. The Morgan fingerprint density at radius 2 is 2.00 bits per heavy atom. The highest BCUT2D eigenvalue weighted by Gasteiger charge is 2.06. The van der Waals surface area contributed by atoms with Gasteiger partial charge in [-0.1, -0.05) is 0 Å². The fraction of sp³-hybridized carbons (Fsp3) is 0.154. The van der Waals surface area contributed by atoms with Gasteiger partial charge in [0.25, 0.3) is 0 Å². The third-order valence-corrected chi connectivity index (χ3v) is 2.47. The summed E-state index contributed by atoms with van der Waals surface area (Å²) in [6.07, 6.45) is 3.76. The van der Waals surface area contributed by atoms with Crippen molar-refractivity contribution in [3.8, 4) is 11.8 Å². The first-order valence-electron chi connectivity index (χ1n) is 5.03. The quantitative estimate of drug-likeness (QED) is 0.816. The smallest absolute Gasteiger partial charge is 0.118 e. The topological polar surface area (TPSA) is 45.0 Å². The third kappa shape index (κ3) is 2.06. The maximum Gasteiger partial charge on any atom is 0.118 e. The second-order valence-corrected chi connectivity index (χ2v) is 3.47. The van der Waals surface area contributed by atoms with Crippen LogP contribution in [0.25, 0.3) is 5.70 Å². The standard InChI is InChI=1S/C13H12N2O/c1-16-12-5-3-11(4-6-12)13-7-2-10(8-14)9-15-13/h2-7,15H,9H2,1H3. The van der Waals surface area contributed by atoms with Crippen molar-refractivity contribution in [1.29, 1.82) is 5.26 Å². The molecule has 1 aliphatic rings. The zero-order valence-corrected chi connectivity index (χ0v) is 9.03. The minimum absolute atomic E-state index is 0.592. The monoisotopic (exact) mass is 212 g/mol. The molecule has 0 atom stereocenters. The highest BCUT2D eigenvalue weighted by Crippen LogP contribution is 2.18. The number of rotatable bonds is 2. The molecular weight excluding hydrogens is 200 g/mol. The Morgan fingerprint density at radius 3 is 2.50 bits per heavy atom. The number of hydrogen-bond acceptors (Lipinski definition) is 3. The highest BCUT2D eigenvalue weighted by atomic mass is 16.5. The molecule has 1 aromatic carbocycles. The van der Waals surface area contributed by atoms with E-state index in [-0.39, 0.29) is 0 Å². The zero-order chi connectivity index (χ0) is 11.4. The van der Waals surface area contributed by atoms with Gasteiger partial charge in [0.15, 0.2) is 0 Å². The lowest BCUT2D eigenvalue weighted by molar-refractivity contribution is 0.415. The Balaban J connectivity index is 2.23. The van der Waals surface area contributed by atoms with E-state index in [1.807, 2.05) is 36.4 Å². The molecule has 2 rings (SSSR count). The van der Waals surface area contributed by atoms with Gasteiger partial charge in [-0.25, -0.2) is 0 Å². The summed E-state index contributed by atoms with van der Waals surface area (Å²) in [5.74, 6) is 0.841. The van der Waals surface area contributed by atoms with Crippen molar-refractivity contribution in [2.75, 3.05) is 13.7 Å². The normalized spacial score (nSPS) is 14.2. The van der Waals surface area contributed by atoms with Crippen molar-refractivity contribution < 1.29 is 4.74 Å². The number of benzene rings is 1. The van der Waals surface area contributed by atoms with Gasteiger partial charge in [-0.15, -0.1) is 0 Å². The molecule has 0 fully saturated rings. The van der Waals surface area contributed by atoms with Crippen LogP contribution in [0.5, 0.6) is 5.75 Å². The van der Waals surface area contributed by atoms with Gasteiger partial charge in [-0.05, 0) is 42.0 Å². The molecule has 3 nitrogen and oxygen atoms in total. The number of allylic oxidation sites excluding steroid dienone is 2. The molecule has 1 N–H and O–H groups in total. The largest absolute Gasteiger partial charge is 0.497 e. The molecule has 0 radical (unpaired) electrons. The Hall–Kier alpha value is -2.21. The molecule has 0 aromatic heterocycles. The van der Waals surface area contributed by atoms with Gasteiger partial charge in [0.2, 0.25) is 0 Å². The van der Waals surface area contributed by atoms with Gasteiger partial charge in [-0.2, -0.15) is 5.26 Å². The van der Waals surface area contributed by atoms with Crippen molar-refractivity contribution in [2.24, 2.45) is 0 Å². The Kier molecular flexibility index (Phi) is 2.93. The predicted molar refractivity (Wildman–Crippen MR) is 62.7 cm³/mol. The summed E-state index contributed by atoms with van der Waals surface area (Å²) < 4.78 is 5.10. The number of nitrogens with one attached hydrogen (secondary N) is 1. The van der Waals surface area contributed by atoms with Crippen molar-refractivity contribution >= 4 is 5.70 Å². The number of ether oxygens (including phenoxy) is 1. The zero-order valence-electron chi connectivity index (χ0n) is 9.03. The molecule has 0 saturated heterocycles. The van der Waals surface area contributed by atoms with Gasteiger partial charge < -0.3 is 10.1 Å². The van der Waals surface area contributed by atoms with E-state index < -0.39 is 0 Å². The summed E-state index contributed by atoms with van der Waals surface area (Å²) in [6, 6.07) is 9.94. The van der Waals surface area contributed by atoms with Crippen LogP contribution in [-0.4, -0.2) is 13.7 Å². The fourth-order valence-corrected chi connectivity index (χ4v) is 1.54. The second kappa shape index (κ2) is 4.54. The van der Waals surface area contributed by atoms with Gasteiger partial charge in [-0.3, -0.25) is 0 Å². The van der Waals surface area contributed by atoms with Crippen LogP contribution in [0.1, 0.15) is 5.56 Å². The van der Waals surface area contributed by atoms with E-state index in [0.29, 0.717) is 6.54 Å². The molecule has 16 heavy (non-hydrogen) atoms. The van der Waals surface area contributed by atoms with Gasteiger partial charge >= 0.3 is 0 Å². The molecule has 1 heterocycles. The first-order chi connectivity index (χ1) is 7.83. The minimum Gasteiger partial charge on any atom is -0.497 e. The van der Waals surface area contributed by atoms with Gasteiger partial charge in [0.05, 0.1) is 19.7 Å². The third-order valence-electron chi connectivity index (χ3n) is 2.47. The van der Waals surface area contributed by atoms with Gasteiger partial charge in [0.1, 0.15) is 5.75 Å². The lowest BCUT2D eigenvalue weighted by Gasteiger charge is -2.14. The van der Waals surface area contributed by atoms with Crippen LogP contribution in [0.4, 0.5) is 0 Å². The van der Waals surface area contributed by atoms with Crippen LogP contribution < -0.4 is 10.1 Å². The molecule has 0 spiro atoms. The van der Waals surface area contributed by atoms with Crippen molar-refractivity contribution in [3.63, 3.8) is 0 Å². The Morgan fingerprint density at radius 1 is 1.25 bits per heavy atom. The fourth-order valence-electron chi connectivity index (χ4n) is 1.54. The molecule has 0 unspecified atom stereocenters. The van der Waals surface area contributed by atoms with E-state index in [1.54, 1.807) is 7.11 Å². The van der Waals surface area contributed by atoms with E-state index >= 15 is 0 Å². The van der Waals surface area contributed by atoms with E-state index in [0.717, 1.165) is 22.6 Å². The predicted octanol–water partition coefficient (Wildman–Crippen LogP) is 2.09. The first-order valence-corrected chi connectivity index (χ1v) is 5.03.